The molecule has 0 unspecified atom stereocenters. The van der Waals surface area contributed by atoms with Crippen molar-refractivity contribution in [2.24, 2.45) is 0 Å². The molecule has 0 saturated carbocycles. The van der Waals surface area contributed by atoms with Crippen LogP contribution >= 0.6 is 0 Å². The van der Waals surface area contributed by atoms with Crippen molar-refractivity contribution in [3.63, 3.8) is 0 Å². The second-order valence-corrected chi connectivity index (χ2v) is 5.38. The average Bonchev–Trinajstić information content (AvgIpc) is 2.99. The SMILES string of the molecule is CCOc1ccc(NC(=O)Cc2c[nH]c3ccccc23)cc1OC. The number of para-hydroxylation sites is 1. The number of carbonyl (C=O) groups excluding carboxylic acids is 1. The van der Waals surface area contributed by atoms with Gasteiger partial charge in [0.05, 0.1) is 20.1 Å². The molecule has 1 aromatic heterocycles. The van der Waals surface area contributed by atoms with Gasteiger partial charge in [-0.2, -0.15) is 0 Å². The van der Waals surface area contributed by atoms with Crippen molar-refractivity contribution in [2.75, 3.05) is 19.0 Å². The van der Waals surface area contributed by atoms with E-state index in [-0.39, 0.29) is 5.91 Å². The Balaban J connectivity index is 1.73. The largest absolute Gasteiger partial charge is 0.493 e. The number of fused-ring (bicyclic) bond motifs is 1. The molecule has 2 N–H and O–H groups in total. The number of anilines is 1. The molecule has 0 aliphatic rings. The van der Waals surface area contributed by atoms with E-state index in [0.29, 0.717) is 30.2 Å². The maximum Gasteiger partial charge on any atom is 0.228 e. The summed E-state index contributed by atoms with van der Waals surface area (Å²) in [6.07, 6.45) is 2.18. The zero-order valence-corrected chi connectivity index (χ0v) is 13.8. The minimum absolute atomic E-state index is 0.0778. The molecule has 0 aliphatic heterocycles. The summed E-state index contributed by atoms with van der Waals surface area (Å²) in [7, 11) is 1.58. The third-order valence-corrected chi connectivity index (χ3v) is 3.77. The van der Waals surface area contributed by atoms with Crippen molar-refractivity contribution in [3.8, 4) is 11.5 Å². The highest BCUT2D eigenvalue weighted by molar-refractivity contribution is 5.96. The molecule has 24 heavy (non-hydrogen) atoms. The lowest BCUT2D eigenvalue weighted by Crippen LogP contribution is -2.14. The highest BCUT2D eigenvalue weighted by Crippen LogP contribution is 2.30. The summed E-state index contributed by atoms with van der Waals surface area (Å²) < 4.78 is 10.8. The molecule has 0 spiro atoms. The zero-order valence-electron chi connectivity index (χ0n) is 13.8. The van der Waals surface area contributed by atoms with Gasteiger partial charge in [-0.3, -0.25) is 4.79 Å². The molecular formula is C19H20N2O3. The number of nitrogens with one attached hydrogen (secondary N) is 2. The van der Waals surface area contributed by atoms with Crippen LogP contribution in [0.2, 0.25) is 0 Å². The first-order valence-corrected chi connectivity index (χ1v) is 7.87. The highest BCUT2D eigenvalue weighted by Gasteiger charge is 2.11. The first-order valence-electron chi connectivity index (χ1n) is 7.87. The van der Waals surface area contributed by atoms with E-state index in [4.69, 9.17) is 9.47 Å². The van der Waals surface area contributed by atoms with E-state index in [2.05, 4.69) is 10.3 Å². The number of rotatable bonds is 6. The predicted octanol–water partition coefficient (Wildman–Crippen LogP) is 3.76. The number of H-pyrrole nitrogens is 1. The standard InChI is InChI=1S/C19H20N2O3/c1-3-24-17-9-8-14(11-18(17)23-2)21-19(22)10-13-12-20-16-7-5-4-6-15(13)16/h4-9,11-12,20H,3,10H2,1-2H3,(H,21,22). The average molecular weight is 324 g/mol. The number of aromatic nitrogens is 1. The number of ether oxygens (including phenoxy) is 2. The van der Waals surface area contributed by atoms with Gasteiger partial charge in [0.2, 0.25) is 5.91 Å². The summed E-state index contributed by atoms with van der Waals surface area (Å²) in [5, 5.41) is 3.97. The van der Waals surface area contributed by atoms with Gasteiger partial charge in [0, 0.05) is 28.9 Å². The summed E-state index contributed by atoms with van der Waals surface area (Å²) in [6, 6.07) is 13.3. The Morgan fingerprint density at radius 3 is 2.79 bits per heavy atom. The number of amides is 1. The number of carbonyl (C=O) groups is 1. The second-order valence-electron chi connectivity index (χ2n) is 5.38. The minimum atomic E-state index is -0.0778. The van der Waals surface area contributed by atoms with Crippen molar-refractivity contribution in [1.29, 1.82) is 0 Å². The van der Waals surface area contributed by atoms with Crippen LogP contribution in [0.25, 0.3) is 10.9 Å². The molecule has 0 bridgehead atoms. The first-order chi connectivity index (χ1) is 11.7. The van der Waals surface area contributed by atoms with Gasteiger partial charge in [-0.15, -0.1) is 0 Å². The Labute approximate surface area is 140 Å². The molecule has 0 aliphatic carbocycles. The lowest BCUT2D eigenvalue weighted by Gasteiger charge is -2.11. The molecule has 0 fully saturated rings. The van der Waals surface area contributed by atoms with Crippen molar-refractivity contribution < 1.29 is 14.3 Å². The van der Waals surface area contributed by atoms with Crippen molar-refractivity contribution >= 4 is 22.5 Å². The van der Waals surface area contributed by atoms with Gasteiger partial charge < -0.3 is 19.8 Å². The third kappa shape index (κ3) is 3.35. The predicted molar refractivity (Wildman–Crippen MR) is 94.8 cm³/mol. The number of benzene rings is 2. The van der Waals surface area contributed by atoms with Gasteiger partial charge in [0.15, 0.2) is 11.5 Å². The van der Waals surface area contributed by atoms with Crippen LogP contribution in [0.5, 0.6) is 11.5 Å². The van der Waals surface area contributed by atoms with Crippen LogP contribution in [0.4, 0.5) is 5.69 Å². The van der Waals surface area contributed by atoms with E-state index < -0.39 is 0 Å². The topological polar surface area (TPSA) is 63.3 Å². The van der Waals surface area contributed by atoms with Gasteiger partial charge in [-0.1, -0.05) is 18.2 Å². The number of methoxy groups -OCH3 is 1. The highest BCUT2D eigenvalue weighted by atomic mass is 16.5. The fourth-order valence-corrected chi connectivity index (χ4v) is 2.68. The van der Waals surface area contributed by atoms with Crippen molar-refractivity contribution in [3.05, 3.63) is 54.2 Å². The molecule has 3 rings (SSSR count). The van der Waals surface area contributed by atoms with Gasteiger partial charge in [0.1, 0.15) is 0 Å². The van der Waals surface area contributed by atoms with Crippen LogP contribution in [0.1, 0.15) is 12.5 Å². The normalized spacial score (nSPS) is 10.6. The fourth-order valence-electron chi connectivity index (χ4n) is 2.68. The maximum atomic E-state index is 12.3. The Hall–Kier alpha value is -2.95. The second kappa shape index (κ2) is 7.08. The molecule has 5 heteroatoms. The molecule has 1 heterocycles. The van der Waals surface area contributed by atoms with Gasteiger partial charge >= 0.3 is 0 Å². The van der Waals surface area contributed by atoms with E-state index >= 15 is 0 Å². The van der Waals surface area contributed by atoms with E-state index in [1.165, 1.54) is 0 Å². The monoisotopic (exact) mass is 324 g/mol. The summed E-state index contributed by atoms with van der Waals surface area (Å²) >= 11 is 0. The number of aromatic amines is 1. The number of hydrogen-bond donors (Lipinski definition) is 2. The summed E-state index contributed by atoms with van der Waals surface area (Å²) in [5.41, 5.74) is 2.68. The van der Waals surface area contributed by atoms with E-state index in [1.54, 1.807) is 25.3 Å². The van der Waals surface area contributed by atoms with Crippen LogP contribution in [0, 0.1) is 0 Å². The molecule has 0 atom stereocenters. The Bertz CT molecular complexity index is 855. The molecule has 0 radical (unpaired) electrons. The summed E-state index contributed by atoms with van der Waals surface area (Å²) in [4.78, 5) is 15.5. The smallest absolute Gasteiger partial charge is 0.228 e. The Morgan fingerprint density at radius 2 is 2.00 bits per heavy atom. The molecule has 3 aromatic rings. The number of hydrogen-bond acceptors (Lipinski definition) is 3. The van der Waals surface area contributed by atoms with Crippen LogP contribution in [0.15, 0.2) is 48.7 Å². The molecule has 2 aromatic carbocycles. The minimum Gasteiger partial charge on any atom is -0.493 e. The summed E-state index contributed by atoms with van der Waals surface area (Å²) in [6.45, 7) is 2.47. The van der Waals surface area contributed by atoms with Gasteiger partial charge in [0.25, 0.3) is 0 Å². The van der Waals surface area contributed by atoms with Crippen molar-refractivity contribution in [1.82, 2.24) is 4.98 Å². The fraction of sp³-hybridized carbons (Fsp3) is 0.211. The third-order valence-electron chi connectivity index (χ3n) is 3.77. The van der Waals surface area contributed by atoms with Gasteiger partial charge in [-0.05, 0) is 30.7 Å². The zero-order chi connectivity index (χ0) is 16.9. The van der Waals surface area contributed by atoms with E-state index in [0.717, 1.165) is 16.5 Å². The van der Waals surface area contributed by atoms with Crippen LogP contribution in [0.3, 0.4) is 0 Å². The first kappa shape index (κ1) is 15.9. The Morgan fingerprint density at radius 1 is 1.17 bits per heavy atom. The molecular weight excluding hydrogens is 304 g/mol. The lowest BCUT2D eigenvalue weighted by molar-refractivity contribution is -0.115. The Kier molecular flexibility index (Phi) is 4.70. The van der Waals surface area contributed by atoms with E-state index in [9.17, 15) is 4.79 Å². The summed E-state index contributed by atoms with van der Waals surface area (Å²) in [5.74, 6) is 1.18. The van der Waals surface area contributed by atoms with Gasteiger partial charge in [-0.25, -0.2) is 0 Å². The quantitative estimate of drug-likeness (QED) is 0.726. The lowest BCUT2D eigenvalue weighted by atomic mass is 10.1. The molecule has 1 amide bonds. The van der Waals surface area contributed by atoms with E-state index in [1.807, 2.05) is 37.4 Å². The van der Waals surface area contributed by atoms with Crippen LogP contribution in [-0.4, -0.2) is 24.6 Å². The molecule has 124 valence electrons. The van der Waals surface area contributed by atoms with Crippen LogP contribution in [-0.2, 0) is 11.2 Å². The maximum absolute atomic E-state index is 12.3. The van der Waals surface area contributed by atoms with Crippen molar-refractivity contribution in [2.45, 2.75) is 13.3 Å². The molecule has 0 saturated heterocycles. The van der Waals surface area contributed by atoms with Crippen LogP contribution < -0.4 is 14.8 Å². The molecule has 5 nitrogen and oxygen atoms in total.